The molecule has 0 atom stereocenters. The van der Waals surface area contributed by atoms with Crippen LogP contribution >= 0.6 is 0 Å². The van der Waals surface area contributed by atoms with Gasteiger partial charge in [0, 0.05) is 39.0 Å². The Balaban J connectivity index is 1.39. The number of unbranched alkanes of at least 4 members (excludes halogenated alkanes) is 2. The molecule has 0 aliphatic carbocycles. The first-order valence-electron chi connectivity index (χ1n) is 8.96. The standard InChI is InChI=1S/C17H32N2O3/c20-17(5-1-3-7-18-9-13-21-14-10-18)6-2-4-8-19-11-15-22-16-12-19/h1-16H2. The number of rotatable bonds is 10. The molecule has 5 nitrogen and oxygen atoms in total. The molecule has 0 radical (unpaired) electrons. The van der Waals surface area contributed by atoms with Gasteiger partial charge in [0.05, 0.1) is 26.4 Å². The minimum atomic E-state index is 0.448. The van der Waals surface area contributed by atoms with Gasteiger partial charge >= 0.3 is 0 Å². The van der Waals surface area contributed by atoms with Crippen molar-refractivity contribution >= 4 is 5.78 Å². The Bertz CT molecular complexity index is 272. The van der Waals surface area contributed by atoms with Gasteiger partial charge in [-0.2, -0.15) is 0 Å². The topological polar surface area (TPSA) is 42.0 Å². The zero-order chi connectivity index (χ0) is 15.5. The summed E-state index contributed by atoms with van der Waals surface area (Å²) in [5, 5.41) is 0. The lowest BCUT2D eigenvalue weighted by atomic mass is 10.1. The third-order valence-electron chi connectivity index (χ3n) is 4.57. The van der Waals surface area contributed by atoms with E-state index in [1.54, 1.807) is 0 Å². The first-order valence-corrected chi connectivity index (χ1v) is 8.96. The van der Waals surface area contributed by atoms with Crippen LogP contribution in [0.5, 0.6) is 0 Å². The van der Waals surface area contributed by atoms with Crippen molar-refractivity contribution in [1.29, 1.82) is 0 Å². The van der Waals surface area contributed by atoms with Gasteiger partial charge in [-0.1, -0.05) is 0 Å². The van der Waals surface area contributed by atoms with Crippen LogP contribution in [0.4, 0.5) is 0 Å². The van der Waals surface area contributed by atoms with E-state index in [0.29, 0.717) is 5.78 Å². The van der Waals surface area contributed by atoms with Gasteiger partial charge in [-0.25, -0.2) is 0 Å². The van der Waals surface area contributed by atoms with Crippen LogP contribution in [0.15, 0.2) is 0 Å². The fourth-order valence-corrected chi connectivity index (χ4v) is 3.09. The highest BCUT2D eigenvalue weighted by Gasteiger charge is 2.11. The van der Waals surface area contributed by atoms with Crippen LogP contribution in [-0.2, 0) is 14.3 Å². The summed E-state index contributed by atoms with van der Waals surface area (Å²) in [6.45, 7) is 9.89. The zero-order valence-corrected chi connectivity index (χ0v) is 13.9. The van der Waals surface area contributed by atoms with Gasteiger partial charge in [-0.05, 0) is 38.8 Å². The minimum absolute atomic E-state index is 0.448. The van der Waals surface area contributed by atoms with Crippen LogP contribution in [0.3, 0.4) is 0 Å². The Labute approximate surface area is 134 Å². The molecule has 0 bridgehead atoms. The first-order chi connectivity index (χ1) is 10.8. The van der Waals surface area contributed by atoms with Crippen molar-refractivity contribution in [3.8, 4) is 0 Å². The largest absolute Gasteiger partial charge is 0.379 e. The fourth-order valence-electron chi connectivity index (χ4n) is 3.09. The molecule has 2 aliphatic rings. The highest BCUT2D eigenvalue weighted by molar-refractivity contribution is 5.78. The van der Waals surface area contributed by atoms with Crippen LogP contribution in [0.1, 0.15) is 38.5 Å². The second-order valence-electron chi connectivity index (χ2n) is 6.36. The maximum absolute atomic E-state index is 11.9. The number of hydrogen-bond donors (Lipinski definition) is 0. The third kappa shape index (κ3) is 7.68. The van der Waals surface area contributed by atoms with E-state index in [1.165, 1.54) is 0 Å². The molecule has 5 heteroatoms. The van der Waals surface area contributed by atoms with Gasteiger partial charge in [0.15, 0.2) is 0 Å². The van der Waals surface area contributed by atoms with E-state index in [1.807, 2.05) is 0 Å². The minimum Gasteiger partial charge on any atom is -0.379 e. The molecule has 0 unspecified atom stereocenters. The van der Waals surface area contributed by atoms with Gasteiger partial charge in [0.25, 0.3) is 0 Å². The van der Waals surface area contributed by atoms with Gasteiger partial charge in [0.2, 0.25) is 0 Å². The summed E-state index contributed by atoms with van der Waals surface area (Å²) >= 11 is 0. The van der Waals surface area contributed by atoms with Gasteiger partial charge in [-0.15, -0.1) is 0 Å². The maximum Gasteiger partial charge on any atom is 0.132 e. The maximum atomic E-state index is 11.9. The molecule has 0 aromatic carbocycles. The SMILES string of the molecule is O=C(CCCCN1CCOCC1)CCCCN1CCOCC1. The van der Waals surface area contributed by atoms with Gasteiger partial charge in [0.1, 0.15) is 5.78 Å². The molecule has 0 saturated carbocycles. The predicted octanol–water partition coefficient (Wildman–Crippen LogP) is 1.56. The van der Waals surface area contributed by atoms with Crippen molar-refractivity contribution in [2.75, 3.05) is 65.7 Å². The molecule has 2 saturated heterocycles. The number of Topliss-reactive ketones (excluding diaryl/α,β-unsaturated/α-hetero) is 1. The molecule has 22 heavy (non-hydrogen) atoms. The van der Waals surface area contributed by atoms with Crippen molar-refractivity contribution in [2.24, 2.45) is 0 Å². The number of carbonyl (C=O) groups is 1. The molecular formula is C17H32N2O3. The average molecular weight is 312 g/mol. The average Bonchev–Trinajstić information content (AvgIpc) is 2.57. The van der Waals surface area contributed by atoms with E-state index >= 15 is 0 Å². The smallest absolute Gasteiger partial charge is 0.132 e. The zero-order valence-electron chi connectivity index (χ0n) is 13.9. The normalized spacial score (nSPS) is 21.1. The number of ketones is 1. The Kier molecular flexibility index (Phi) is 9.02. The van der Waals surface area contributed by atoms with Crippen LogP contribution in [0.25, 0.3) is 0 Å². The summed E-state index contributed by atoms with van der Waals surface area (Å²) in [6.07, 6.45) is 5.89. The third-order valence-corrected chi connectivity index (χ3v) is 4.57. The molecule has 0 N–H and O–H groups in total. The van der Waals surface area contributed by atoms with Gasteiger partial charge in [-0.3, -0.25) is 14.6 Å². The lowest BCUT2D eigenvalue weighted by Gasteiger charge is -2.26. The number of morpholine rings is 2. The number of hydrogen-bond acceptors (Lipinski definition) is 5. The van der Waals surface area contributed by atoms with Crippen LogP contribution in [0, 0.1) is 0 Å². The second-order valence-corrected chi connectivity index (χ2v) is 6.36. The Morgan fingerprint density at radius 1 is 0.682 bits per heavy atom. The number of ether oxygens (including phenoxy) is 2. The molecule has 0 amide bonds. The quantitative estimate of drug-likeness (QED) is 0.573. The predicted molar refractivity (Wildman–Crippen MR) is 87.2 cm³/mol. The van der Waals surface area contributed by atoms with E-state index < -0.39 is 0 Å². The van der Waals surface area contributed by atoms with E-state index in [2.05, 4.69) is 9.80 Å². The van der Waals surface area contributed by atoms with Crippen molar-refractivity contribution in [3.63, 3.8) is 0 Å². The van der Waals surface area contributed by atoms with E-state index in [4.69, 9.17) is 9.47 Å². The molecule has 128 valence electrons. The summed E-state index contributed by atoms with van der Waals surface area (Å²) in [5.41, 5.74) is 0. The molecule has 2 fully saturated rings. The van der Waals surface area contributed by atoms with E-state index in [0.717, 1.165) is 104 Å². The summed E-state index contributed by atoms with van der Waals surface area (Å²) in [7, 11) is 0. The molecular weight excluding hydrogens is 280 g/mol. The van der Waals surface area contributed by atoms with Crippen molar-refractivity contribution in [3.05, 3.63) is 0 Å². The Hall–Kier alpha value is -0.490. The summed E-state index contributed by atoms with van der Waals surface area (Å²) in [4.78, 5) is 16.8. The Morgan fingerprint density at radius 3 is 1.50 bits per heavy atom. The molecule has 2 aliphatic heterocycles. The monoisotopic (exact) mass is 312 g/mol. The van der Waals surface area contributed by atoms with E-state index in [-0.39, 0.29) is 0 Å². The molecule has 0 aromatic heterocycles. The summed E-state index contributed by atoms with van der Waals surface area (Å²) in [5.74, 6) is 0.448. The van der Waals surface area contributed by atoms with Crippen LogP contribution < -0.4 is 0 Å². The first kappa shape index (κ1) is 17.9. The fraction of sp³-hybridized carbons (Fsp3) is 0.941. The number of nitrogens with zero attached hydrogens (tertiary/aromatic N) is 2. The second kappa shape index (κ2) is 11.1. The molecule has 0 spiro atoms. The summed E-state index contributed by atoms with van der Waals surface area (Å²) in [6, 6.07) is 0. The van der Waals surface area contributed by atoms with Crippen molar-refractivity contribution in [1.82, 2.24) is 9.80 Å². The lowest BCUT2D eigenvalue weighted by Crippen LogP contribution is -2.36. The lowest BCUT2D eigenvalue weighted by molar-refractivity contribution is -0.119. The summed E-state index contributed by atoms with van der Waals surface area (Å²) < 4.78 is 10.7. The van der Waals surface area contributed by atoms with Crippen LogP contribution in [-0.4, -0.2) is 81.3 Å². The van der Waals surface area contributed by atoms with Gasteiger partial charge < -0.3 is 9.47 Å². The van der Waals surface area contributed by atoms with E-state index in [9.17, 15) is 4.79 Å². The van der Waals surface area contributed by atoms with Crippen LogP contribution in [0.2, 0.25) is 0 Å². The highest BCUT2D eigenvalue weighted by atomic mass is 16.5. The molecule has 0 aromatic rings. The van der Waals surface area contributed by atoms with Crippen molar-refractivity contribution < 1.29 is 14.3 Å². The highest BCUT2D eigenvalue weighted by Crippen LogP contribution is 2.07. The Morgan fingerprint density at radius 2 is 1.09 bits per heavy atom. The molecule has 2 heterocycles. The number of carbonyl (C=O) groups excluding carboxylic acids is 1. The molecule has 2 rings (SSSR count). The van der Waals surface area contributed by atoms with Crippen molar-refractivity contribution in [2.45, 2.75) is 38.5 Å².